The van der Waals surface area contributed by atoms with Gasteiger partial charge in [0.05, 0.1) is 12.0 Å². The molecule has 100 valence electrons. The molecule has 1 atom stereocenters. The Balaban J connectivity index is 1.83. The van der Waals surface area contributed by atoms with Crippen LogP contribution in [0.25, 0.3) is 0 Å². The molecule has 20 heavy (non-hydrogen) atoms. The largest absolute Gasteiger partial charge is 0.272 e. The smallest absolute Gasteiger partial charge is 0.254 e. The molecule has 0 aromatic heterocycles. The van der Waals surface area contributed by atoms with Crippen molar-refractivity contribution >= 4 is 23.9 Å². The summed E-state index contributed by atoms with van der Waals surface area (Å²) in [5, 5.41) is 5.92. The molecule has 0 bridgehead atoms. The van der Waals surface area contributed by atoms with Crippen molar-refractivity contribution in [2.45, 2.75) is 5.37 Å². The summed E-state index contributed by atoms with van der Waals surface area (Å²) in [6.07, 6.45) is 1.74. The van der Waals surface area contributed by atoms with Gasteiger partial charge >= 0.3 is 0 Å². The Labute approximate surface area is 122 Å². The molecule has 1 heterocycles. The molecule has 2 aromatic carbocycles. The maximum Gasteiger partial charge on any atom is 0.254 e. The van der Waals surface area contributed by atoms with E-state index in [0.29, 0.717) is 5.75 Å². The van der Waals surface area contributed by atoms with Gasteiger partial charge in [-0.3, -0.25) is 4.79 Å². The van der Waals surface area contributed by atoms with E-state index < -0.39 is 0 Å². The maximum absolute atomic E-state index is 12.0. The van der Waals surface area contributed by atoms with Crippen molar-refractivity contribution < 1.29 is 4.79 Å². The number of carbonyl (C=O) groups is 1. The molecule has 0 N–H and O–H groups in total. The normalized spacial score (nSPS) is 18.9. The van der Waals surface area contributed by atoms with Gasteiger partial charge in [-0.1, -0.05) is 60.7 Å². The number of hydrogen-bond donors (Lipinski definition) is 0. The third-order valence-corrected chi connectivity index (χ3v) is 4.26. The lowest BCUT2D eigenvalue weighted by Crippen LogP contribution is -2.22. The molecule has 0 aliphatic carbocycles. The average Bonchev–Trinajstić information content (AvgIpc) is 2.88. The molecule has 3 nitrogen and oxygen atoms in total. The van der Waals surface area contributed by atoms with Crippen molar-refractivity contribution in [3.63, 3.8) is 0 Å². The second kappa shape index (κ2) is 5.92. The summed E-state index contributed by atoms with van der Waals surface area (Å²) in [7, 11) is 0. The van der Waals surface area contributed by atoms with Crippen LogP contribution < -0.4 is 0 Å². The van der Waals surface area contributed by atoms with E-state index in [-0.39, 0.29) is 11.3 Å². The van der Waals surface area contributed by atoms with Gasteiger partial charge in [-0.05, 0) is 11.1 Å². The molecule has 1 saturated heterocycles. The summed E-state index contributed by atoms with van der Waals surface area (Å²) < 4.78 is 0. The first-order chi connectivity index (χ1) is 9.84. The van der Waals surface area contributed by atoms with Crippen LogP contribution in [0.3, 0.4) is 0 Å². The number of hydrazone groups is 1. The molecule has 0 radical (unpaired) electrons. The van der Waals surface area contributed by atoms with Gasteiger partial charge in [0.25, 0.3) is 5.91 Å². The second-order valence-corrected chi connectivity index (χ2v) is 5.54. The van der Waals surface area contributed by atoms with Crippen LogP contribution in [0.4, 0.5) is 0 Å². The van der Waals surface area contributed by atoms with Gasteiger partial charge in [-0.25, -0.2) is 5.01 Å². The Morgan fingerprint density at radius 1 is 1.05 bits per heavy atom. The minimum atomic E-state index is -0.0244. The van der Waals surface area contributed by atoms with Crippen LogP contribution in [0.1, 0.15) is 16.5 Å². The molecular formula is C16H14N2OS. The van der Waals surface area contributed by atoms with Crippen LogP contribution in [0, 0.1) is 0 Å². The van der Waals surface area contributed by atoms with Crippen LogP contribution in [0.2, 0.25) is 0 Å². The number of nitrogens with zero attached hydrogens (tertiary/aromatic N) is 2. The van der Waals surface area contributed by atoms with Crippen LogP contribution >= 0.6 is 11.8 Å². The van der Waals surface area contributed by atoms with Gasteiger partial charge in [0, 0.05) is 0 Å². The highest BCUT2D eigenvalue weighted by Gasteiger charge is 2.32. The third-order valence-electron chi connectivity index (χ3n) is 3.06. The Bertz CT molecular complexity index is 613. The van der Waals surface area contributed by atoms with Crippen molar-refractivity contribution in [2.24, 2.45) is 5.10 Å². The zero-order valence-electron chi connectivity index (χ0n) is 10.8. The van der Waals surface area contributed by atoms with E-state index in [4.69, 9.17) is 0 Å². The van der Waals surface area contributed by atoms with Gasteiger partial charge < -0.3 is 0 Å². The number of benzene rings is 2. The molecule has 1 aliphatic heterocycles. The van der Waals surface area contributed by atoms with Crippen molar-refractivity contribution in [1.29, 1.82) is 0 Å². The number of rotatable bonds is 3. The van der Waals surface area contributed by atoms with Crippen LogP contribution in [-0.2, 0) is 4.79 Å². The Morgan fingerprint density at radius 2 is 1.70 bits per heavy atom. The van der Waals surface area contributed by atoms with Gasteiger partial charge in [0.1, 0.15) is 5.37 Å². The summed E-state index contributed by atoms with van der Waals surface area (Å²) in [5.41, 5.74) is 2.09. The van der Waals surface area contributed by atoms with Gasteiger partial charge in [-0.2, -0.15) is 5.10 Å². The molecule has 1 amide bonds. The minimum Gasteiger partial charge on any atom is -0.272 e. The summed E-state index contributed by atoms with van der Waals surface area (Å²) in [6.45, 7) is 0. The van der Waals surface area contributed by atoms with Gasteiger partial charge in [0.15, 0.2) is 0 Å². The van der Waals surface area contributed by atoms with E-state index in [1.165, 1.54) is 0 Å². The topological polar surface area (TPSA) is 32.7 Å². The Morgan fingerprint density at radius 3 is 2.40 bits per heavy atom. The lowest BCUT2D eigenvalue weighted by Gasteiger charge is -2.18. The lowest BCUT2D eigenvalue weighted by molar-refractivity contribution is -0.128. The predicted octanol–water partition coefficient (Wildman–Crippen LogP) is 3.29. The number of thioether (sulfide) groups is 1. The predicted molar refractivity (Wildman–Crippen MR) is 82.5 cm³/mol. The van der Waals surface area contributed by atoms with Crippen molar-refractivity contribution in [3.8, 4) is 0 Å². The van der Waals surface area contributed by atoms with Gasteiger partial charge in [0.2, 0.25) is 0 Å². The Hall–Kier alpha value is -2.07. The molecule has 4 heteroatoms. The first-order valence-corrected chi connectivity index (χ1v) is 7.47. The zero-order valence-corrected chi connectivity index (χ0v) is 11.7. The summed E-state index contributed by atoms with van der Waals surface area (Å²) in [6, 6.07) is 19.8. The van der Waals surface area contributed by atoms with E-state index in [1.54, 1.807) is 23.0 Å². The van der Waals surface area contributed by atoms with E-state index in [9.17, 15) is 4.79 Å². The lowest BCUT2D eigenvalue weighted by atomic mass is 10.2. The number of hydrogen-bond acceptors (Lipinski definition) is 3. The fourth-order valence-electron chi connectivity index (χ4n) is 2.07. The SMILES string of the molecule is O=C1CSC(c2ccccc2)N1N=Cc1ccccc1. The second-order valence-electron chi connectivity index (χ2n) is 4.47. The fraction of sp³-hybridized carbons (Fsp3) is 0.125. The van der Waals surface area contributed by atoms with Crippen molar-refractivity contribution in [3.05, 3.63) is 71.8 Å². The molecule has 3 rings (SSSR count). The third kappa shape index (κ3) is 2.75. The molecule has 1 fully saturated rings. The molecular weight excluding hydrogens is 268 g/mol. The fourth-order valence-corrected chi connectivity index (χ4v) is 3.16. The average molecular weight is 282 g/mol. The standard InChI is InChI=1S/C16H14N2OS/c19-15-12-20-16(14-9-5-2-6-10-14)18(15)17-11-13-7-3-1-4-8-13/h1-11,16H,12H2. The highest BCUT2D eigenvalue weighted by molar-refractivity contribution is 8.00. The molecule has 1 unspecified atom stereocenters. The van der Waals surface area contributed by atoms with Crippen molar-refractivity contribution in [1.82, 2.24) is 5.01 Å². The first-order valence-electron chi connectivity index (χ1n) is 6.42. The molecule has 0 saturated carbocycles. The quantitative estimate of drug-likeness (QED) is 0.809. The maximum atomic E-state index is 12.0. The monoisotopic (exact) mass is 282 g/mol. The molecule has 1 aliphatic rings. The van der Waals surface area contributed by atoms with E-state index >= 15 is 0 Å². The van der Waals surface area contributed by atoms with E-state index in [0.717, 1.165) is 11.1 Å². The molecule has 0 spiro atoms. The Kier molecular flexibility index (Phi) is 3.83. The van der Waals surface area contributed by atoms with Crippen LogP contribution in [0.5, 0.6) is 0 Å². The summed E-state index contributed by atoms with van der Waals surface area (Å²) in [5.74, 6) is 0.530. The van der Waals surface area contributed by atoms with E-state index in [2.05, 4.69) is 5.10 Å². The van der Waals surface area contributed by atoms with E-state index in [1.807, 2.05) is 60.7 Å². The summed E-state index contributed by atoms with van der Waals surface area (Å²) in [4.78, 5) is 12.0. The summed E-state index contributed by atoms with van der Waals surface area (Å²) >= 11 is 1.61. The number of amides is 1. The zero-order chi connectivity index (χ0) is 13.8. The van der Waals surface area contributed by atoms with Crippen LogP contribution in [0.15, 0.2) is 65.8 Å². The molecule has 2 aromatic rings. The number of carbonyl (C=O) groups excluding carboxylic acids is 1. The van der Waals surface area contributed by atoms with Gasteiger partial charge in [-0.15, -0.1) is 11.8 Å². The minimum absolute atomic E-state index is 0.0244. The highest BCUT2D eigenvalue weighted by Crippen LogP contribution is 2.38. The van der Waals surface area contributed by atoms with Crippen molar-refractivity contribution in [2.75, 3.05) is 5.75 Å². The van der Waals surface area contributed by atoms with Crippen LogP contribution in [-0.4, -0.2) is 22.9 Å². The first kappa shape index (κ1) is 12.9. The highest BCUT2D eigenvalue weighted by atomic mass is 32.2.